The third-order valence-corrected chi connectivity index (χ3v) is 4.57. The first-order chi connectivity index (χ1) is 13.3. The number of para-hydroxylation sites is 2. The zero-order chi connectivity index (χ0) is 18.6. The quantitative estimate of drug-likeness (QED) is 0.669. The van der Waals surface area contributed by atoms with Crippen LogP contribution < -0.4 is 14.4 Å². The zero-order valence-electron chi connectivity index (χ0n) is 15.4. The Hall–Kier alpha value is -3.06. The van der Waals surface area contributed by atoms with Gasteiger partial charge in [0.2, 0.25) is 0 Å². The van der Waals surface area contributed by atoms with E-state index in [0.29, 0.717) is 13.2 Å². The molecule has 2 aromatic carbocycles. The molecular weight excluding hydrogens is 344 g/mol. The molecule has 140 valence electrons. The van der Waals surface area contributed by atoms with E-state index in [4.69, 9.17) is 14.2 Å². The number of hydrogen-bond donors (Lipinski definition) is 0. The molecule has 1 aliphatic heterocycles. The Kier molecular flexibility index (Phi) is 4.93. The average Bonchev–Trinajstić information content (AvgIpc) is 3.37. The fourth-order valence-electron chi connectivity index (χ4n) is 3.29. The topological polar surface area (TPSA) is 61.6 Å². The van der Waals surface area contributed by atoms with Gasteiger partial charge in [0.05, 0.1) is 39.3 Å². The van der Waals surface area contributed by atoms with Crippen molar-refractivity contribution in [3.63, 3.8) is 0 Å². The van der Waals surface area contributed by atoms with Crippen molar-refractivity contribution in [2.24, 2.45) is 0 Å². The van der Waals surface area contributed by atoms with Crippen LogP contribution in [0.3, 0.4) is 0 Å². The molecule has 27 heavy (non-hydrogen) atoms. The third kappa shape index (κ3) is 3.59. The minimum atomic E-state index is -0.277. The standard InChI is InChI=1S/C20H22N4O3/c1-25-16-7-5-6-15(12-16)13-23-14-17(21-22-23)20-24(10-11-27-20)18-8-3-4-9-19(18)26-2/h3-9,12,14,20H,10-11,13H2,1-2H3/t20-/m0/s1. The van der Waals surface area contributed by atoms with Crippen LogP contribution in [0.25, 0.3) is 0 Å². The number of methoxy groups -OCH3 is 2. The second-order valence-electron chi connectivity index (χ2n) is 6.28. The first-order valence-electron chi connectivity index (χ1n) is 8.82. The van der Waals surface area contributed by atoms with E-state index in [-0.39, 0.29) is 6.23 Å². The van der Waals surface area contributed by atoms with Crippen LogP contribution in [-0.2, 0) is 11.3 Å². The lowest BCUT2D eigenvalue weighted by molar-refractivity contribution is 0.110. The molecule has 0 radical (unpaired) electrons. The molecule has 2 heterocycles. The van der Waals surface area contributed by atoms with Crippen molar-refractivity contribution < 1.29 is 14.2 Å². The zero-order valence-corrected chi connectivity index (χ0v) is 15.4. The number of nitrogens with zero attached hydrogens (tertiary/aromatic N) is 4. The molecule has 3 aromatic rings. The predicted molar refractivity (Wildman–Crippen MR) is 101 cm³/mol. The van der Waals surface area contributed by atoms with Crippen LogP contribution in [0.2, 0.25) is 0 Å². The van der Waals surface area contributed by atoms with Crippen molar-refractivity contribution in [1.29, 1.82) is 0 Å². The van der Waals surface area contributed by atoms with Gasteiger partial charge in [-0.15, -0.1) is 5.10 Å². The third-order valence-electron chi connectivity index (χ3n) is 4.57. The highest BCUT2D eigenvalue weighted by molar-refractivity contribution is 5.59. The molecule has 0 saturated carbocycles. The van der Waals surface area contributed by atoms with E-state index in [2.05, 4.69) is 15.2 Å². The Balaban J connectivity index is 1.55. The fourth-order valence-corrected chi connectivity index (χ4v) is 3.29. The normalized spacial score (nSPS) is 16.5. The molecule has 0 amide bonds. The van der Waals surface area contributed by atoms with Gasteiger partial charge < -0.3 is 19.1 Å². The molecule has 1 atom stereocenters. The van der Waals surface area contributed by atoms with Gasteiger partial charge in [-0.3, -0.25) is 0 Å². The number of hydrogen-bond acceptors (Lipinski definition) is 6. The highest BCUT2D eigenvalue weighted by atomic mass is 16.5. The first kappa shape index (κ1) is 17.4. The van der Waals surface area contributed by atoms with E-state index >= 15 is 0 Å². The van der Waals surface area contributed by atoms with Gasteiger partial charge in [0.1, 0.15) is 17.2 Å². The summed E-state index contributed by atoms with van der Waals surface area (Å²) < 4.78 is 18.5. The summed E-state index contributed by atoms with van der Waals surface area (Å²) in [5, 5.41) is 8.61. The number of anilines is 1. The lowest BCUT2D eigenvalue weighted by atomic mass is 10.2. The molecule has 0 unspecified atom stereocenters. The van der Waals surface area contributed by atoms with Crippen molar-refractivity contribution in [1.82, 2.24) is 15.0 Å². The van der Waals surface area contributed by atoms with Gasteiger partial charge in [-0.05, 0) is 29.8 Å². The smallest absolute Gasteiger partial charge is 0.177 e. The minimum Gasteiger partial charge on any atom is -0.497 e. The summed E-state index contributed by atoms with van der Waals surface area (Å²) in [5.41, 5.74) is 2.87. The summed E-state index contributed by atoms with van der Waals surface area (Å²) in [5.74, 6) is 1.64. The summed E-state index contributed by atoms with van der Waals surface area (Å²) in [6.45, 7) is 2.02. The van der Waals surface area contributed by atoms with Gasteiger partial charge in [-0.25, -0.2) is 4.68 Å². The number of benzene rings is 2. The second-order valence-corrected chi connectivity index (χ2v) is 6.28. The van der Waals surface area contributed by atoms with Crippen LogP contribution in [0.1, 0.15) is 17.5 Å². The summed E-state index contributed by atoms with van der Waals surface area (Å²) in [6.07, 6.45) is 1.65. The second kappa shape index (κ2) is 7.67. The Bertz CT molecular complexity index is 912. The van der Waals surface area contributed by atoms with Crippen molar-refractivity contribution in [3.05, 3.63) is 66.0 Å². The van der Waals surface area contributed by atoms with Crippen LogP contribution in [0.4, 0.5) is 5.69 Å². The lowest BCUT2D eigenvalue weighted by Crippen LogP contribution is -2.24. The molecule has 1 aliphatic rings. The largest absolute Gasteiger partial charge is 0.497 e. The maximum absolute atomic E-state index is 5.94. The van der Waals surface area contributed by atoms with Gasteiger partial charge in [-0.1, -0.05) is 29.5 Å². The molecule has 0 aliphatic carbocycles. The number of ether oxygens (including phenoxy) is 3. The van der Waals surface area contributed by atoms with E-state index in [1.807, 2.05) is 59.4 Å². The Morgan fingerprint density at radius 1 is 1.11 bits per heavy atom. The van der Waals surface area contributed by atoms with Gasteiger partial charge in [0, 0.05) is 6.54 Å². The summed E-state index contributed by atoms with van der Waals surface area (Å²) in [6, 6.07) is 15.9. The lowest BCUT2D eigenvalue weighted by Gasteiger charge is -2.25. The van der Waals surface area contributed by atoms with Crippen molar-refractivity contribution in [3.8, 4) is 11.5 Å². The van der Waals surface area contributed by atoms with Crippen LogP contribution in [0.15, 0.2) is 54.7 Å². The van der Waals surface area contributed by atoms with E-state index in [9.17, 15) is 0 Å². The number of aromatic nitrogens is 3. The van der Waals surface area contributed by atoms with Crippen LogP contribution in [-0.4, -0.2) is 42.4 Å². The molecule has 7 heteroatoms. The van der Waals surface area contributed by atoms with E-state index in [1.54, 1.807) is 14.2 Å². The van der Waals surface area contributed by atoms with Crippen molar-refractivity contribution in [2.45, 2.75) is 12.8 Å². The summed E-state index contributed by atoms with van der Waals surface area (Å²) in [7, 11) is 3.34. The molecule has 0 spiro atoms. The highest BCUT2D eigenvalue weighted by Crippen LogP contribution is 2.36. The minimum absolute atomic E-state index is 0.277. The fraction of sp³-hybridized carbons (Fsp3) is 0.300. The molecule has 0 bridgehead atoms. The van der Waals surface area contributed by atoms with E-state index in [1.165, 1.54) is 0 Å². The molecule has 1 saturated heterocycles. The molecule has 7 nitrogen and oxygen atoms in total. The van der Waals surface area contributed by atoms with Crippen LogP contribution in [0, 0.1) is 0 Å². The monoisotopic (exact) mass is 366 g/mol. The molecule has 1 fully saturated rings. The Morgan fingerprint density at radius 2 is 2.00 bits per heavy atom. The van der Waals surface area contributed by atoms with Gasteiger partial charge in [0.15, 0.2) is 6.23 Å². The van der Waals surface area contributed by atoms with Gasteiger partial charge in [-0.2, -0.15) is 0 Å². The summed E-state index contributed by atoms with van der Waals surface area (Å²) in [4.78, 5) is 2.15. The maximum atomic E-state index is 5.94. The number of rotatable bonds is 6. The predicted octanol–water partition coefficient (Wildman–Crippen LogP) is 2.88. The van der Waals surface area contributed by atoms with Crippen molar-refractivity contribution in [2.75, 3.05) is 32.3 Å². The first-order valence-corrected chi connectivity index (χ1v) is 8.82. The Labute approximate surface area is 158 Å². The summed E-state index contributed by atoms with van der Waals surface area (Å²) >= 11 is 0. The molecule has 4 rings (SSSR count). The molecular formula is C20H22N4O3. The van der Waals surface area contributed by atoms with Crippen molar-refractivity contribution >= 4 is 5.69 Å². The van der Waals surface area contributed by atoms with E-state index in [0.717, 1.165) is 35.0 Å². The van der Waals surface area contributed by atoms with E-state index < -0.39 is 0 Å². The van der Waals surface area contributed by atoms with Gasteiger partial charge in [0.25, 0.3) is 0 Å². The SMILES string of the molecule is COc1cccc(Cn2cc([C@@H]3OCCN3c3ccccc3OC)nn2)c1. The maximum Gasteiger partial charge on any atom is 0.177 e. The van der Waals surface area contributed by atoms with Crippen LogP contribution >= 0.6 is 0 Å². The van der Waals surface area contributed by atoms with Crippen LogP contribution in [0.5, 0.6) is 11.5 Å². The molecule has 1 aromatic heterocycles. The average molecular weight is 366 g/mol. The van der Waals surface area contributed by atoms with Gasteiger partial charge >= 0.3 is 0 Å². The highest BCUT2D eigenvalue weighted by Gasteiger charge is 2.31. The molecule has 0 N–H and O–H groups in total. The Morgan fingerprint density at radius 3 is 2.85 bits per heavy atom.